The standard InChI is InChI=1S/C24H21N5OS/c1-15-8-7-11-20-16(2)12-21(27-22(15)20)31-17(3)24(30)28-23-18(13-25)14-26-29(23)19-9-5-4-6-10-19/h4-12,14,17H,1-3H3,(H,28,30). The predicted molar refractivity (Wildman–Crippen MR) is 123 cm³/mol. The second-order valence-electron chi connectivity index (χ2n) is 7.26. The van der Waals surface area contributed by atoms with Gasteiger partial charge in [-0.2, -0.15) is 10.4 Å². The van der Waals surface area contributed by atoms with Gasteiger partial charge in [-0.25, -0.2) is 9.67 Å². The number of amides is 1. The molecule has 0 bridgehead atoms. The van der Waals surface area contributed by atoms with E-state index in [2.05, 4.69) is 29.5 Å². The first-order chi connectivity index (χ1) is 15.0. The van der Waals surface area contributed by atoms with Gasteiger partial charge in [0.15, 0.2) is 5.82 Å². The van der Waals surface area contributed by atoms with Gasteiger partial charge in [-0.15, -0.1) is 0 Å². The molecule has 2 heterocycles. The molecule has 2 aromatic heterocycles. The number of para-hydroxylation sites is 2. The van der Waals surface area contributed by atoms with Gasteiger partial charge in [0, 0.05) is 5.39 Å². The van der Waals surface area contributed by atoms with Crippen molar-refractivity contribution in [1.82, 2.24) is 14.8 Å². The third-order valence-corrected chi connectivity index (χ3v) is 6.04. The summed E-state index contributed by atoms with van der Waals surface area (Å²) in [6.45, 7) is 5.91. The van der Waals surface area contributed by atoms with Crippen LogP contribution in [0.4, 0.5) is 5.82 Å². The van der Waals surface area contributed by atoms with Crippen LogP contribution in [0.2, 0.25) is 0 Å². The van der Waals surface area contributed by atoms with Gasteiger partial charge >= 0.3 is 0 Å². The Hall–Kier alpha value is -3.63. The maximum absolute atomic E-state index is 13.0. The summed E-state index contributed by atoms with van der Waals surface area (Å²) in [5.74, 6) is 0.146. The number of hydrogen-bond donors (Lipinski definition) is 1. The zero-order chi connectivity index (χ0) is 22.0. The van der Waals surface area contributed by atoms with Gasteiger partial charge in [0.25, 0.3) is 0 Å². The van der Waals surface area contributed by atoms with Crippen LogP contribution >= 0.6 is 11.8 Å². The summed E-state index contributed by atoms with van der Waals surface area (Å²) in [6.07, 6.45) is 1.46. The fourth-order valence-electron chi connectivity index (χ4n) is 3.36. The van der Waals surface area contributed by atoms with Crippen LogP contribution in [0.5, 0.6) is 0 Å². The zero-order valence-electron chi connectivity index (χ0n) is 17.5. The van der Waals surface area contributed by atoms with E-state index in [4.69, 9.17) is 4.98 Å². The number of rotatable bonds is 5. The minimum Gasteiger partial charge on any atom is -0.309 e. The average Bonchev–Trinajstić information content (AvgIpc) is 3.17. The summed E-state index contributed by atoms with van der Waals surface area (Å²) in [5, 5.41) is 18.1. The molecule has 0 saturated heterocycles. The van der Waals surface area contributed by atoms with Crippen LogP contribution in [0.3, 0.4) is 0 Å². The van der Waals surface area contributed by atoms with Gasteiger partial charge in [0.2, 0.25) is 5.91 Å². The number of thioether (sulfide) groups is 1. The fraction of sp³-hybridized carbons (Fsp3) is 0.167. The van der Waals surface area contributed by atoms with Gasteiger partial charge in [-0.3, -0.25) is 4.79 Å². The molecule has 0 spiro atoms. The number of aromatic nitrogens is 3. The molecule has 1 atom stereocenters. The number of nitrogens with zero attached hydrogens (tertiary/aromatic N) is 4. The lowest BCUT2D eigenvalue weighted by molar-refractivity contribution is -0.115. The molecule has 4 rings (SSSR count). The Labute approximate surface area is 184 Å². The first-order valence-electron chi connectivity index (χ1n) is 9.86. The van der Waals surface area contributed by atoms with Crippen LogP contribution in [-0.2, 0) is 4.79 Å². The first-order valence-corrected chi connectivity index (χ1v) is 10.7. The fourth-order valence-corrected chi connectivity index (χ4v) is 4.28. The highest BCUT2D eigenvalue weighted by molar-refractivity contribution is 8.00. The summed E-state index contributed by atoms with van der Waals surface area (Å²) in [4.78, 5) is 17.7. The number of anilines is 1. The quantitative estimate of drug-likeness (QED) is 0.452. The first kappa shape index (κ1) is 20.6. The Morgan fingerprint density at radius 1 is 1.13 bits per heavy atom. The van der Waals surface area contributed by atoms with Crippen molar-refractivity contribution >= 4 is 34.4 Å². The largest absolute Gasteiger partial charge is 0.309 e. The molecule has 154 valence electrons. The predicted octanol–water partition coefficient (Wildman–Crippen LogP) is 5.03. The normalized spacial score (nSPS) is 11.8. The van der Waals surface area contributed by atoms with E-state index >= 15 is 0 Å². The van der Waals surface area contributed by atoms with Crippen LogP contribution in [0.1, 0.15) is 23.6 Å². The average molecular weight is 428 g/mol. The number of carbonyl (C=O) groups is 1. The summed E-state index contributed by atoms with van der Waals surface area (Å²) < 4.78 is 1.57. The Morgan fingerprint density at radius 2 is 1.90 bits per heavy atom. The van der Waals surface area contributed by atoms with E-state index in [0.717, 1.165) is 32.7 Å². The molecule has 7 heteroatoms. The van der Waals surface area contributed by atoms with Crippen molar-refractivity contribution in [1.29, 1.82) is 5.26 Å². The molecule has 0 aliphatic rings. The second kappa shape index (κ2) is 8.62. The van der Waals surface area contributed by atoms with Crippen LogP contribution in [-0.4, -0.2) is 25.9 Å². The number of carbonyl (C=O) groups excluding carboxylic acids is 1. The Bertz CT molecular complexity index is 1310. The van der Waals surface area contributed by atoms with Crippen molar-refractivity contribution in [2.24, 2.45) is 0 Å². The lowest BCUT2D eigenvalue weighted by Gasteiger charge is -2.14. The minimum absolute atomic E-state index is 0.219. The molecule has 0 fully saturated rings. The third-order valence-electron chi connectivity index (χ3n) is 5.02. The molecule has 0 aliphatic heterocycles. The highest BCUT2D eigenvalue weighted by Gasteiger charge is 2.21. The molecule has 0 radical (unpaired) electrons. The molecule has 4 aromatic rings. The molecule has 2 aromatic carbocycles. The molecule has 0 aliphatic carbocycles. The van der Waals surface area contributed by atoms with Crippen molar-refractivity contribution in [3.63, 3.8) is 0 Å². The van der Waals surface area contributed by atoms with Crippen LogP contribution in [0.15, 0.2) is 65.8 Å². The molecule has 0 saturated carbocycles. The smallest absolute Gasteiger partial charge is 0.238 e. The summed E-state index contributed by atoms with van der Waals surface area (Å²) >= 11 is 1.39. The molecular weight excluding hydrogens is 406 g/mol. The van der Waals surface area contributed by atoms with Crippen LogP contribution in [0, 0.1) is 25.2 Å². The number of fused-ring (bicyclic) bond motifs is 1. The van der Waals surface area contributed by atoms with Crippen molar-refractivity contribution in [3.8, 4) is 11.8 Å². The van der Waals surface area contributed by atoms with E-state index < -0.39 is 5.25 Å². The molecule has 1 amide bonds. The summed E-state index contributed by atoms with van der Waals surface area (Å²) in [6, 6.07) is 19.6. The maximum Gasteiger partial charge on any atom is 0.238 e. The van der Waals surface area contributed by atoms with Crippen LogP contribution in [0.25, 0.3) is 16.6 Å². The lowest BCUT2D eigenvalue weighted by atomic mass is 10.1. The SMILES string of the molecule is Cc1cc(SC(C)C(=O)Nc2c(C#N)cnn2-c2ccccc2)nc2c(C)cccc12. The molecule has 1 N–H and O–H groups in total. The monoisotopic (exact) mass is 427 g/mol. The summed E-state index contributed by atoms with van der Waals surface area (Å²) in [7, 11) is 0. The van der Waals surface area contributed by atoms with Gasteiger partial charge in [0.05, 0.1) is 27.7 Å². The number of aryl methyl sites for hydroxylation is 2. The van der Waals surface area contributed by atoms with Crippen molar-refractivity contribution in [2.45, 2.75) is 31.0 Å². The zero-order valence-corrected chi connectivity index (χ0v) is 18.3. The second-order valence-corrected chi connectivity index (χ2v) is 8.62. The Kier molecular flexibility index (Phi) is 5.74. The van der Waals surface area contributed by atoms with Crippen molar-refractivity contribution < 1.29 is 4.79 Å². The van der Waals surface area contributed by atoms with Crippen molar-refractivity contribution in [3.05, 3.63) is 77.5 Å². The van der Waals surface area contributed by atoms with Gasteiger partial charge < -0.3 is 5.32 Å². The van der Waals surface area contributed by atoms with E-state index in [-0.39, 0.29) is 5.91 Å². The van der Waals surface area contributed by atoms with Crippen molar-refractivity contribution in [2.75, 3.05) is 5.32 Å². The van der Waals surface area contributed by atoms with Gasteiger partial charge in [-0.1, -0.05) is 48.2 Å². The van der Waals surface area contributed by atoms with E-state index in [9.17, 15) is 10.1 Å². The number of benzene rings is 2. The minimum atomic E-state index is -0.418. The lowest BCUT2D eigenvalue weighted by Crippen LogP contribution is -2.24. The Morgan fingerprint density at radius 3 is 2.65 bits per heavy atom. The highest BCUT2D eigenvalue weighted by atomic mass is 32.2. The third kappa shape index (κ3) is 4.16. The number of hydrogen-bond acceptors (Lipinski definition) is 5. The molecule has 1 unspecified atom stereocenters. The topological polar surface area (TPSA) is 83.6 Å². The van der Waals surface area contributed by atoms with Gasteiger partial charge in [-0.05, 0) is 50.1 Å². The number of nitriles is 1. The van der Waals surface area contributed by atoms with E-state index in [1.54, 1.807) is 4.68 Å². The molecule has 6 nitrogen and oxygen atoms in total. The van der Waals surface area contributed by atoms with Crippen LogP contribution < -0.4 is 5.32 Å². The molecule has 31 heavy (non-hydrogen) atoms. The summed E-state index contributed by atoms with van der Waals surface area (Å²) in [5.41, 5.74) is 4.25. The Balaban J connectivity index is 1.58. The maximum atomic E-state index is 13.0. The van der Waals surface area contributed by atoms with E-state index in [1.165, 1.54) is 18.0 Å². The number of nitrogens with one attached hydrogen (secondary N) is 1. The van der Waals surface area contributed by atoms with Gasteiger partial charge in [0.1, 0.15) is 11.6 Å². The van der Waals surface area contributed by atoms with E-state index in [1.807, 2.05) is 62.4 Å². The van der Waals surface area contributed by atoms with E-state index in [0.29, 0.717) is 11.4 Å². The molecular formula is C24H21N5OS. The highest BCUT2D eigenvalue weighted by Crippen LogP contribution is 2.29. The number of pyridine rings is 1.